The molecule has 3 amide bonds. The zero-order valence-electron chi connectivity index (χ0n) is 12.4. The summed E-state index contributed by atoms with van der Waals surface area (Å²) in [6.45, 7) is -1.26. The molecule has 1 N–H and O–H groups in total. The summed E-state index contributed by atoms with van der Waals surface area (Å²) in [6, 6.07) is 6.44. The highest BCUT2D eigenvalue weighted by molar-refractivity contribution is 5.97. The average molecular weight is 331 g/mol. The van der Waals surface area contributed by atoms with Crippen LogP contribution < -0.4 is 15.0 Å². The van der Waals surface area contributed by atoms with E-state index in [1.807, 2.05) is 0 Å². The number of amides is 3. The molecule has 0 saturated carbocycles. The Labute approximate surface area is 130 Å². The second-order valence-corrected chi connectivity index (χ2v) is 4.92. The first kappa shape index (κ1) is 16.9. The molecule has 0 aliphatic carbocycles. The predicted molar refractivity (Wildman–Crippen MR) is 76.4 cm³/mol. The molecule has 6 nitrogen and oxygen atoms in total. The van der Waals surface area contributed by atoms with Crippen molar-refractivity contribution < 1.29 is 27.5 Å². The van der Waals surface area contributed by atoms with Crippen molar-refractivity contribution in [2.75, 3.05) is 38.2 Å². The molecule has 126 valence electrons. The third-order valence-corrected chi connectivity index (χ3v) is 3.29. The third kappa shape index (κ3) is 4.27. The van der Waals surface area contributed by atoms with Crippen LogP contribution in [-0.2, 0) is 4.79 Å². The van der Waals surface area contributed by atoms with E-state index in [9.17, 15) is 22.8 Å². The molecule has 0 unspecified atom stereocenters. The van der Waals surface area contributed by atoms with Crippen LogP contribution in [0.2, 0.25) is 0 Å². The maximum Gasteiger partial charge on any atom is 0.405 e. The number of nitrogens with one attached hydrogen (secondary N) is 1. The van der Waals surface area contributed by atoms with E-state index in [1.54, 1.807) is 29.6 Å². The van der Waals surface area contributed by atoms with Crippen LogP contribution in [-0.4, -0.2) is 56.3 Å². The van der Waals surface area contributed by atoms with Crippen LogP contribution in [0.3, 0.4) is 0 Å². The lowest BCUT2D eigenvalue weighted by Gasteiger charge is -2.20. The van der Waals surface area contributed by atoms with E-state index in [0.29, 0.717) is 18.0 Å². The Morgan fingerprint density at radius 2 is 2.00 bits per heavy atom. The number of hydrogen-bond donors (Lipinski definition) is 1. The van der Waals surface area contributed by atoms with Crippen LogP contribution >= 0.6 is 0 Å². The number of carbonyl (C=O) groups is 2. The normalized spacial score (nSPS) is 15.0. The number of alkyl halides is 3. The number of anilines is 1. The van der Waals surface area contributed by atoms with Crippen molar-refractivity contribution in [3.8, 4) is 5.75 Å². The highest BCUT2D eigenvalue weighted by Gasteiger charge is 2.33. The van der Waals surface area contributed by atoms with Gasteiger partial charge in [-0.2, -0.15) is 13.2 Å². The topological polar surface area (TPSA) is 61.9 Å². The summed E-state index contributed by atoms with van der Waals surface area (Å²) in [4.78, 5) is 26.4. The van der Waals surface area contributed by atoms with Gasteiger partial charge >= 0.3 is 12.2 Å². The minimum Gasteiger partial charge on any atom is -0.495 e. The fourth-order valence-electron chi connectivity index (χ4n) is 2.23. The fraction of sp³-hybridized carbons (Fsp3) is 0.429. The molecule has 1 saturated heterocycles. The SMILES string of the molecule is COc1ccccc1N1CCN(CC(=O)NCC(F)(F)F)C1=O. The number of para-hydroxylation sites is 2. The Morgan fingerprint density at radius 1 is 1.30 bits per heavy atom. The van der Waals surface area contributed by atoms with Gasteiger partial charge in [-0.1, -0.05) is 12.1 Å². The molecular formula is C14H16F3N3O3. The van der Waals surface area contributed by atoms with Gasteiger partial charge in [-0.15, -0.1) is 0 Å². The molecule has 1 aliphatic heterocycles. The maximum absolute atomic E-state index is 12.3. The summed E-state index contributed by atoms with van der Waals surface area (Å²) in [5.41, 5.74) is 0.554. The van der Waals surface area contributed by atoms with Crippen molar-refractivity contribution in [1.82, 2.24) is 10.2 Å². The molecule has 0 aromatic heterocycles. The summed E-state index contributed by atoms with van der Waals surface area (Å²) in [5, 5.41) is 1.75. The number of carbonyl (C=O) groups excluding carboxylic acids is 2. The molecule has 1 aromatic rings. The number of nitrogens with zero attached hydrogens (tertiary/aromatic N) is 2. The third-order valence-electron chi connectivity index (χ3n) is 3.29. The average Bonchev–Trinajstić information content (AvgIpc) is 2.85. The van der Waals surface area contributed by atoms with E-state index in [1.165, 1.54) is 16.9 Å². The van der Waals surface area contributed by atoms with E-state index in [2.05, 4.69) is 0 Å². The molecule has 23 heavy (non-hydrogen) atoms. The Kier molecular flexibility index (Phi) is 4.97. The Hall–Kier alpha value is -2.45. The molecular weight excluding hydrogens is 315 g/mol. The van der Waals surface area contributed by atoms with Gasteiger partial charge in [0.05, 0.1) is 12.8 Å². The summed E-state index contributed by atoms with van der Waals surface area (Å²) >= 11 is 0. The predicted octanol–water partition coefficient (Wildman–Crippen LogP) is 1.62. The number of urea groups is 1. The van der Waals surface area contributed by atoms with Crippen LogP contribution in [0.4, 0.5) is 23.7 Å². The summed E-state index contributed by atoms with van der Waals surface area (Å²) in [7, 11) is 1.47. The molecule has 9 heteroatoms. The van der Waals surface area contributed by atoms with Gasteiger partial charge in [0.25, 0.3) is 0 Å². The van der Waals surface area contributed by atoms with Gasteiger partial charge in [0.2, 0.25) is 5.91 Å². The lowest BCUT2D eigenvalue weighted by Crippen LogP contribution is -2.42. The van der Waals surface area contributed by atoms with Crippen molar-refractivity contribution in [3.63, 3.8) is 0 Å². The zero-order chi connectivity index (χ0) is 17.0. The van der Waals surface area contributed by atoms with Crippen LogP contribution in [0, 0.1) is 0 Å². The Bertz CT molecular complexity index is 592. The zero-order valence-corrected chi connectivity index (χ0v) is 12.4. The monoisotopic (exact) mass is 331 g/mol. The van der Waals surface area contributed by atoms with E-state index in [0.717, 1.165) is 0 Å². The van der Waals surface area contributed by atoms with Crippen LogP contribution in [0.5, 0.6) is 5.75 Å². The van der Waals surface area contributed by atoms with Crippen molar-refractivity contribution in [3.05, 3.63) is 24.3 Å². The molecule has 1 aliphatic rings. The standard InChI is InChI=1S/C14H16F3N3O3/c1-23-11-5-3-2-4-10(11)20-7-6-19(13(20)22)8-12(21)18-9-14(15,16)17/h2-5H,6-9H2,1H3,(H,18,21). The van der Waals surface area contributed by atoms with Gasteiger partial charge in [0.1, 0.15) is 18.8 Å². The van der Waals surface area contributed by atoms with E-state index < -0.39 is 31.2 Å². The van der Waals surface area contributed by atoms with Gasteiger partial charge in [0, 0.05) is 13.1 Å². The number of rotatable bonds is 5. The van der Waals surface area contributed by atoms with Gasteiger partial charge in [0.15, 0.2) is 0 Å². The lowest BCUT2D eigenvalue weighted by molar-refractivity contribution is -0.138. The number of ether oxygens (including phenoxy) is 1. The van der Waals surface area contributed by atoms with Gasteiger partial charge in [-0.25, -0.2) is 4.79 Å². The minimum atomic E-state index is -4.48. The van der Waals surface area contributed by atoms with E-state index in [-0.39, 0.29) is 6.54 Å². The van der Waals surface area contributed by atoms with Crippen molar-refractivity contribution in [2.45, 2.75) is 6.18 Å². The number of hydrogen-bond acceptors (Lipinski definition) is 3. The second-order valence-electron chi connectivity index (χ2n) is 4.92. The van der Waals surface area contributed by atoms with Crippen LogP contribution in [0.1, 0.15) is 0 Å². The van der Waals surface area contributed by atoms with Gasteiger partial charge < -0.3 is 15.0 Å². The molecule has 0 atom stereocenters. The van der Waals surface area contributed by atoms with E-state index >= 15 is 0 Å². The molecule has 1 heterocycles. The number of methoxy groups -OCH3 is 1. The quantitative estimate of drug-likeness (QED) is 0.892. The smallest absolute Gasteiger partial charge is 0.405 e. The Morgan fingerprint density at radius 3 is 2.65 bits per heavy atom. The summed E-state index contributed by atoms with van der Waals surface area (Å²) in [6.07, 6.45) is -4.48. The van der Waals surface area contributed by atoms with Gasteiger partial charge in [-0.3, -0.25) is 9.69 Å². The van der Waals surface area contributed by atoms with Crippen molar-refractivity contribution >= 4 is 17.6 Å². The first-order valence-corrected chi connectivity index (χ1v) is 6.85. The van der Waals surface area contributed by atoms with Crippen LogP contribution in [0.15, 0.2) is 24.3 Å². The largest absolute Gasteiger partial charge is 0.495 e. The van der Waals surface area contributed by atoms with E-state index in [4.69, 9.17) is 4.74 Å². The molecule has 1 fully saturated rings. The second kappa shape index (κ2) is 6.76. The first-order valence-electron chi connectivity index (χ1n) is 6.85. The summed E-state index contributed by atoms with van der Waals surface area (Å²) < 4.78 is 41.3. The van der Waals surface area contributed by atoms with Crippen LogP contribution in [0.25, 0.3) is 0 Å². The maximum atomic E-state index is 12.3. The van der Waals surface area contributed by atoms with Gasteiger partial charge in [-0.05, 0) is 12.1 Å². The molecule has 0 spiro atoms. The molecule has 0 bridgehead atoms. The molecule has 0 radical (unpaired) electrons. The number of halogens is 3. The fourth-order valence-corrected chi connectivity index (χ4v) is 2.23. The highest BCUT2D eigenvalue weighted by atomic mass is 19.4. The molecule has 1 aromatic carbocycles. The number of benzene rings is 1. The lowest BCUT2D eigenvalue weighted by atomic mass is 10.2. The highest BCUT2D eigenvalue weighted by Crippen LogP contribution is 2.30. The molecule has 2 rings (SSSR count). The Balaban J connectivity index is 1.98. The first-order chi connectivity index (χ1) is 10.8. The van der Waals surface area contributed by atoms with Crippen molar-refractivity contribution in [2.24, 2.45) is 0 Å². The summed E-state index contributed by atoms with van der Waals surface area (Å²) in [5.74, 6) is -0.346. The van der Waals surface area contributed by atoms with Crippen molar-refractivity contribution in [1.29, 1.82) is 0 Å². The minimum absolute atomic E-state index is 0.246.